The predicted molar refractivity (Wildman–Crippen MR) is 148 cm³/mol. The van der Waals surface area contributed by atoms with Crippen molar-refractivity contribution in [3.05, 3.63) is 57.6 Å². The molecule has 0 heterocycles. The highest BCUT2D eigenvalue weighted by Gasteiger charge is 2.27. The lowest BCUT2D eigenvalue weighted by atomic mass is 9.74. The maximum atomic E-state index is 6.68. The van der Waals surface area contributed by atoms with Gasteiger partial charge in [0, 0.05) is 16.8 Å². The topological polar surface area (TPSA) is 52.0 Å². The molecule has 33 heavy (non-hydrogen) atoms. The van der Waals surface area contributed by atoms with Crippen LogP contribution in [-0.2, 0) is 31.1 Å². The normalized spacial score (nSPS) is 11.8. The number of aryl methyl sites for hydroxylation is 4. The van der Waals surface area contributed by atoms with Crippen LogP contribution in [0.1, 0.15) is 126 Å². The summed E-state index contributed by atoms with van der Waals surface area (Å²) in [7, 11) is 0. The van der Waals surface area contributed by atoms with E-state index in [1.165, 1.54) is 84.7 Å². The maximum absolute atomic E-state index is 6.68. The molecule has 0 aromatic heterocycles. The fourth-order valence-corrected chi connectivity index (χ4v) is 4.74. The van der Waals surface area contributed by atoms with E-state index < -0.39 is 0 Å². The van der Waals surface area contributed by atoms with Crippen molar-refractivity contribution in [3.63, 3.8) is 0 Å². The molecule has 0 radical (unpaired) electrons. The number of unbranched alkanes of at least 4 members (excludes halogenated alkanes) is 4. The number of hydrogen-bond donors (Lipinski definition) is 2. The summed E-state index contributed by atoms with van der Waals surface area (Å²) in [6, 6.07) is 9.59. The molecule has 0 aliphatic heterocycles. The molecule has 4 N–H and O–H groups in total. The third-order valence-electron chi connectivity index (χ3n) is 7.34. The molecule has 184 valence electrons. The zero-order valence-electron chi connectivity index (χ0n) is 22.4. The van der Waals surface area contributed by atoms with Crippen LogP contribution >= 0.6 is 0 Å². The van der Waals surface area contributed by atoms with Crippen molar-refractivity contribution >= 4 is 11.4 Å². The van der Waals surface area contributed by atoms with Gasteiger partial charge in [0.15, 0.2) is 0 Å². The molecule has 0 amide bonds. The third-order valence-corrected chi connectivity index (χ3v) is 7.34. The van der Waals surface area contributed by atoms with Crippen LogP contribution in [0, 0.1) is 0 Å². The van der Waals surface area contributed by atoms with Crippen molar-refractivity contribution in [1.29, 1.82) is 0 Å². The molecule has 0 saturated carbocycles. The minimum Gasteiger partial charge on any atom is -0.398 e. The van der Waals surface area contributed by atoms with Crippen molar-refractivity contribution in [3.8, 4) is 0 Å². The van der Waals surface area contributed by atoms with Crippen molar-refractivity contribution in [1.82, 2.24) is 0 Å². The Morgan fingerprint density at radius 3 is 0.970 bits per heavy atom. The maximum Gasteiger partial charge on any atom is 0.0379 e. The van der Waals surface area contributed by atoms with Gasteiger partial charge >= 0.3 is 0 Å². The lowest BCUT2D eigenvalue weighted by molar-refractivity contribution is 0.633. The highest BCUT2D eigenvalue weighted by atomic mass is 14.6. The van der Waals surface area contributed by atoms with E-state index in [1.807, 2.05) is 0 Å². The van der Waals surface area contributed by atoms with Gasteiger partial charge in [-0.25, -0.2) is 0 Å². The summed E-state index contributed by atoms with van der Waals surface area (Å²) < 4.78 is 0. The highest BCUT2D eigenvalue weighted by molar-refractivity contribution is 5.61. The van der Waals surface area contributed by atoms with E-state index in [2.05, 4.69) is 65.8 Å². The summed E-state index contributed by atoms with van der Waals surface area (Å²) in [5.74, 6) is 0. The summed E-state index contributed by atoms with van der Waals surface area (Å²) in [4.78, 5) is 0. The van der Waals surface area contributed by atoms with Crippen LogP contribution in [-0.4, -0.2) is 0 Å². The van der Waals surface area contributed by atoms with Gasteiger partial charge in [0.25, 0.3) is 0 Å². The minimum absolute atomic E-state index is 0.0920. The van der Waals surface area contributed by atoms with Gasteiger partial charge in [-0.2, -0.15) is 0 Å². The molecule has 0 unspecified atom stereocenters. The Morgan fingerprint density at radius 2 is 0.758 bits per heavy atom. The second kappa shape index (κ2) is 13.1. The van der Waals surface area contributed by atoms with E-state index in [-0.39, 0.29) is 5.41 Å². The van der Waals surface area contributed by atoms with Gasteiger partial charge in [-0.15, -0.1) is 0 Å². The van der Waals surface area contributed by atoms with Gasteiger partial charge in [-0.3, -0.25) is 0 Å². The van der Waals surface area contributed by atoms with E-state index in [0.29, 0.717) is 0 Å². The van der Waals surface area contributed by atoms with E-state index in [4.69, 9.17) is 11.5 Å². The van der Waals surface area contributed by atoms with E-state index in [1.54, 1.807) is 0 Å². The van der Waals surface area contributed by atoms with E-state index in [9.17, 15) is 0 Å². The van der Waals surface area contributed by atoms with Crippen LogP contribution in [0.3, 0.4) is 0 Å². The fourth-order valence-electron chi connectivity index (χ4n) is 4.74. The molecule has 0 saturated heterocycles. The smallest absolute Gasteiger partial charge is 0.0379 e. The molecule has 2 nitrogen and oxygen atoms in total. The Morgan fingerprint density at radius 1 is 0.515 bits per heavy atom. The number of rotatable bonds is 14. The number of nitrogen functional groups attached to an aromatic ring is 2. The third kappa shape index (κ3) is 7.01. The minimum atomic E-state index is -0.0920. The first-order valence-electron chi connectivity index (χ1n) is 13.6. The molecular weight excluding hydrogens is 400 g/mol. The molecule has 2 rings (SSSR count). The van der Waals surface area contributed by atoms with Gasteiger partial charge in [0.1, 0.15) is 0 Å². The van der Waals surface area contributed by atoms with Crippen LogP contribution in [0.4, 0.5) is 11.4 Å². The lowest BCUT2D eigenvalue weighted by Gasteiger charge is -2.30. The van der Waals surface area contributed by atoms with Gasteiger partial charge in [-0.05, 0) is 84.7 Å². The second-order valence-corrected chi connectivity index (χ2v) is 10.5. The van der Waals surface area contributed by atoms with Gasteiger partial charge in [-0.1, -0.05) is 91.5 Å². The first-order valence-corrected chi connectivity index (χ1v) is 13.6. The number of anilines is 2. The highest BCUT2D eigenvalue weighted by Crippen LogP contribution is 2.38. The zero-order valence-corrected chi connectivity index (χ0v) is 22.4. The largest absolute Gasteiger partial charge is 0.398 e. The van der Waals surface area contributed by atoms with Gasteiger partial charge in [0.05, 0.1) is 0 Å². The summed E-state index contributed by atoms with van der Waals surface area (Å²) in [6.45, 7) is 13.8. The molecule has 0 aliphatic carbocycles. The first-order chi connectivity index (χ1) is 15.8. The molecule has 0 aliphatic rings. The van der Waals surface area contributed by atoms with Crippen LogP contribution < -0.4 is 11.5 Å². The average Bonchev–Trinajstić information content (AvgIpc) is 2.80. The monoisotopic (exact) mass is 450 g/mol. The number of hydrogen-bond acceptors (Lipinski definition) is 2. The molecule has 0 bridgehead atoms. The van der Waals surface area contributed by atoms with Crippen LogP contribution in [0.25, 0.3) is 0 Å². The first kappa shape index (κ1) is 27.3. The molecule has 0 fully saturated rings. The van der Waals surface area contributed by atoms with E-state index in [0.717, 1.165) is 37.1 Å². The number of benzene rings is 2. The second-order valence-electron chi connectivity index (χ2n) is 10.5. The molecular formula is C31H50N2. The lowest BCUT2D eigenvalue weighted by Crippen LogP contribution is -2.21. The SMILES string of the molecule is CCCCc1cc(C(C)(C)c2cc(CCCC)c(N)c(CCCC)c2)cc(CCCC)c1N. The average molecular weight is 451 g/mol. The van der Waals surface area contributed by atoms with Crippen molar-refractivity contribution < 1.29 is 0 Å². The van der Waals surface area contributed by atoms with Crippen LogP contribution in [0.5, 0.6) is 0 Å². The van der Waals surface area contributed by atoms with Crippen LogP contribution in [0.15, 0.2) is 24.3 Å². The Labute approximate surface area is 204 Å². The molecule has 2 heteroatoms. The molecule has 2 aromatic carbocycles. The molecule has 0 spiro atoms. The summed E-state index contributed by atoms with van der Waals surface area (Å²) in [6.07, 6.45) is 13.8. The predicted octanol–water partition coefficient (Wildman–Crippen LogP) is 8.55. The van der Waals surface area contributed by atoms with Gasteiger partial charge in [0.2, 0.25) is 0 Å². The quantitative estimate of drug-likeness (QED) is 0.283. The summed E-state index contributed by atoms with van der Waals surface area (Å²) >= 11 is 0. The summed E-state index contributed by atoms with van der Waals surface area (Å²) in [5, 5.41) is 0. The summed E-state index contributed by atoms with van der Waals surface area (Å²) in [5.41, 5.74) is 23.4. The van der Waals surface area contributed by atoms with E-state index >= 15 is 0 Å². The van der Waals surface area contributed by atoms with Gasteiger partial charge < -0.3 is 11.5 Å². The Balaban J connectivity index is 2.60. The Hall–Kier alpha value is -1.96. The fraction of sp³-hybridized carbons (Fsp3) is 0.613. The molecule has 0 atom stereocenters. The Kier molecular flexibility index (Phi) is 10.8. The standard InChI is InChI=1S/C31H50N2/c1-7-11-15-23-19-27(20-24(29(23)32)16-12-8-2)31(5,6)28-21-25(17-13-9-3)30(33)26(22-28)18-14-10-4/h19-22H,7-18,32-33H2,1-6H3. The van der Waals surface area contributed by atoms with Crippen molar-refractivity contribution in [2.24, 2.45) is 0 Å². The van der Waals surface area contributed by atoms with Crippen LogP contribution in [0.2, 0.25) is 0 Å². The number of nitrogens with two attached hydrogens (primary N) is 2. The Bertz CT molecular complexity index is 749. The zero-order chi connectivity index (χ0) is 24.4. The van der Waals surface area contributed by atoms with Crippen molar-refractivity contribution in [2.45, 2.75) is 124 Å². The van der Waals surface area contributed by atoms with Crippen molar-refractivity contribution in [2.75, 3.05) is 11.5 Å². The molecule has 2 aromatic rings.